The molecular weight excluding hydrogens is 244 g/mol. The number of carbonyl (C=O) groups is 1. The number of rotatable bonds is 4. The summed E-state index contributed by atoms with van der Waals surface area (Å²) in [6, 6.07) is 7.32. The zero-order valence-corrected chi connectivity index (χ0v) is 10.5. The molecule has 2 rings (SSSR count). The monoisotopic (exact) mass is 258 g/mol. The second-order valence-electron chi connectivity index (χ2n) is 3.80. The van der Waals surface area contributed by atoms with Gasteiger partial charge in [0.25, 0.3) is 5.91 Å². The highest BCUT2D eigenvalue weighted by molar-refractivity contribution is 6.02. The second-order valence-corrected chi connectivity index (χ2v) is 3.80. The van der Waals surface area contributed by atoms with Crippen LogP contribution in [0.3, 0.4) is 0 Å². The molecule has 2 aromatic rings. The Hall–Kier alpha value is -2.47. The summed E-state index contributed by atoms with van der Waals surface area (Å²) >= 11 is 0. The van der Waals surface area contributed by atoms with Gasteiger partial charge in [-0.3, -0.25) is 4.79 Å². The molecule has 0 saturated carbocycles. The van der Waals surface area contributed by atoms with E-state index >= 15 is 0 Å². The predicted octanol–water partition coefficient (Wildman–Crippen LogP) is 1.20. The Balaban J connectivity index is 2.11. The average molecular weight is 258 g/mol. The molecule has 6 nitrogen and oxygen atoms in total. The number of anilines is 1. The number of nitrogens with one attached hydrogen (secondary N) is 1. The van der Waals surface area contributed by atoms with Gasteiger partial charge in [-0.2, -0.15) is 0 Å². The molecule has 6 heteroatoms. The maximum atomic E-state index is 11.9. The SMILES string of the molecule is COc1cnc(C(=O)Nc2cccc(CN)c2)cn1. The molecule has 0 unspecified atom stereocenters. The lowest BCUT2D eigenvalue weighted by molar-refractivity contribution is 0.102. The van der Waals surface area contributed by atoms with E-state index < -0.39 is 0 Å². The summed E-state index contributed by atoms with van der Waals surface area (Å²) in [5.41, 5.74) is 7.38. The van der Waals surface area contributed by atoms with Crippen molar-refractivity contribution in [3.05, 3.63) is 47.9 Å². The molecule has 19 heavy (non-hydrogen) atoms. The van der Waals surface area contributed by atoms with Gasteiger partial charge in [-0.25, -0.2) is 9.97 Å². The van der Waals surface area contributed by atoms with Gasteiger partial charge in [0.15, 0.2) is 0 Å². The molecule has 0 aliphatic heterocycles. The molecule has 3 N–H and O–H groups in total. The zero-order chi connectivity index (χ0) is 13.7. The average Bonchev–Trinajstić information content (AvgIpc) is 2.47. The Morgan fingerprint density at radius 1 is 1.37 bits per heavy atom. The van der Waals surface area contributed by atoms with E-state index in [4.69, 9.17) is 10.5 Å². The number of amides is 1. The summed E-state index contributed by atoms with van der Waals surface area (Å²) < 4.78 is 4.88. The molecule has 98 valence electrons. The van der Waals surface area contributed by atoms with E-state index in [0.717, 1.165) is 5.56 Å². The second kappa shape index (κ2) is 5.92. The number of carbonyl (C=O) groups excluding carboxylic acids is 1. The van der Waals surface area contributed by atoms with Gasteiger partial charge < -0.3 is 15.8 Å². The third-order valence-corrected chi connectivity index (χ3v) is 2.49. The van der Waals surface area contributed by atoms with Gasteiger partial charge in [-0.1, -0.05) is 12.1 Å². The smallest absolute Gasteiger partial charge is 0.275 e. The summed E-state index contributed by atoms with van der Waals surface area (Å²) in [6.45, 7) is 0.423. The molecular formula is C13H14N4O2. The maximum Gasteiger partial charge on any atom is 0.275 e. The zero-order valence-electron chi connectivity index (χ0n) is 10.5. The number of hydrogen-bond acceptors (Lipinski definition) is 5. The lowest BCUT2D eigenvalue weighted by Gasteiger charge is -2.06. The van der Waals surface area contributed by atoms with Gasteiger partial charge in [0, 0.05) is 12.2 Å². The largest absolute Gasteiger partial charge is 0.480 e. The molecule has 1 heterocycles. The summed E-state index contributed by atoms with van der Waals surface area (Å²) in [5, 5.41) is 2.73. The molecule has 0 saturated heterocycles. The van der Waals surface area contributed by atoms with Crippen LogP contribution in [-0.4, -0.2) is 23.0 Å². The summed E-state index contributed by atoms with van der Waals surface area (Å²) in [7, 11) is 1.49. The third-order valence-electron chi connectivity index (χ3n) is 2.49. The topological polar surface area (TPSA) is 90.1 Å². The third kappa shape index (κ3) is 3.26. The number of aromatic nitrogens is 2. The van der Waals surface area contributed by atoms with Crippen LogP contribution in [0.25, 0.3) is 0 Å². The molecule has 1 aromatic carbocycles. The Morgan fingerprint density at radius 3 is 2.84 bits per heavy atom. The number of nitrogens with two attached hydrogens (primary N) is 1. The number of hydrogen-bond donors (Lipinski definition) is 2. The standard InChI is InChI=1S/C13H14N4O2/c1-19-12-8-15-11(7-16-12)13(18)17-10-4-2-3-9(5-10)6-14/h2-5,7-8H,6,14H2,1H3,(H,17,18). The Morgan fingerprint density at radius 2 is 2.21 bits per heavy atom. The van der Waals surface area contributed by atoms with Gasteiger partial charge in [0.05, 0.1) is 19.5 Å². The highest BCUT2D eigenvalue weighted by atomic mass is 16.5. The minimum absolute atomic E-state index is 0.221. The van der Waals surface area contributed by atoms with E-state index in [9.17, 15) is 4.79 Å². The van der Waals surface area contributed by atoms with E-state index in [-0.39, 0.29) is 11.6 Å². The number of ether oxygens (including phenoxy) is 1. The Kier molecular flexibility index (Phi) is 4.04. The van der Waals surface area contributed by atoms with Gasteiger partial charge >= 0.3 is 0 Å². The molecule has 1 aromatic heterocycles. The van der Waals surface area contributed by atoms with E-state index in [2.05, 4.69) is 15.3 Å². The first-order valence-corrected chi connectivity index (χ1v) is 5.69. The van der Waals surface area contributed by atoms with Crippen LogP contribution in [0.2, 0.25) is 0 Å². The fourth-order valence-corrected chi connectivity index (χ4v) is 1.51. The molecule has 0 aliphatic rings. The highest BCUT2D eigenvalue weighted by Gasteiger charge is 2.08. The summed E-state index contributed by atoms with van der Waals surface area (Å²) in [6.07, 6.45) is 2.76. The fraction of sp³-hybridized carbons (Fsp3) is 0.154. The summed E-state index contributed by atoms with van der Waals surface area (Å²) in [5.74, 6) is 0.0333. The molecule has 1 amide bonds. The maximum absolute atomic E-state index is 11.9. The van der Waals surface area contributed by atoms with Crippen LogP contribution in [0.1, 0.15) is 16.1 Å². The van der Waals surface area contributed by atoms with Crippen molar-refractivity contribution in [3.8, 4) is 5.88 Å². The van der Waals surface area contributed by atoms with Crippen LogP contribution in [0.15, 0.2) is 36.7 Å². The minimum atomic E-state index is -0.329. The first-order chi connectivity index (χ1) is 9.22. The van der Waals surface area contributed by atoms with Crippen molar-refractivity contribution < 1.29 is 9.53 Å². The van der Waals surface area contributed by atoms with Crippen LogP contribution in [-0.2, 0) is 6.54 Å². The normalized spacial score (nSPS) is 10.0. The van der Waals surface area contributed by atoms with Crippen LogP contribution < -0.4 is 15.8 Å². The molecule has 0 bridgehead atoms. The van der Waals surface area contributed by atoms with Crippen LogP contribution in [0.5, 0.6) is 5.88 Å². The molecule has 0 radical (unpaired) electrons. The highest BCUT2D eigenvalue weighted by Crippen LogP contribution is 2.11. The van der Waals surface area contributed by atoms with E-state index in [1.165, 1.54) is 19.5 Å². The van der Waals surface area contributed by atoms with Crippen molar-refractivity contribution in [2.45, 2.75) is 6.54 Å². The number of nitrogens with zero attached hydrogens (tertiary/aromatic N) is 2. The fourth-order valence-electron chi connectivity index (χ4n) is 1.51. The summed E-state index contributed by atoms with van der Waals surface area (Å²) in [4.78, 5) is 19.8. The van der Waals surface area contributed by atoms with Crippen LogP contribution in [0, 0.1) is 0 Å². The van der Waals surface area contributed by atoms with Crippen molar-refractivity contribution in [1.29, 1.82) is 0 Å². The molecule has 0 aliphatic carbocycles. The number of methoxy groups -OCH3 is 1. The Bertz CT molecular complexity index is 569. The van der Waals surface area contributed by atoms with Crippen molar-refractivity contribution >= 4 is 11.6 Å². The first-order valence-electron chi connectivity index (χ1n) is 5.69. The lowest BCUT2D eigenvalue weighted by Crippen LogP contribution is -2.14. The van der Waals surface area contributed by atoms with Crippen LogP contribution >= 0.6 is 0 Å². The predicted molar refractivity (Wildman–Crippen MR) is 70.9 cm³/mol. The van der Waals surface area contributed by atoms with Gasteiger partial charge in [0.2, 0.25) is 5.88 Å². The van der Waals surface area contributed by atoms with Crippen molar-refractivity contribution in [3.63, 3.8) is 0 Å². The Labute approximate surface area is 110 Å². The molecule has 0 atom stereocenters. The lowest BCUT2D eigenvalue weighted by atomic mass is 10.2. The van der Waals surface area contributed by atoms with E-state index in [0.29, 0.717) is 18.1 Å². The minimum Gasteiger partial charge on any atom is -0.480 e. The quantitative estimate of drug-likeness (QED) is 0.859. The van der Waals surface area contributed by atoms with Gasteiger partial charge in [-0.15, -0.1) is 0 Å². The van der Waals surface area contributed by atoms with Crippen molar-refractivity contribution in [1.82, 2.24) is 9.97 Å². The van der Waals surface area contributed by atoms with Crippen molar-refractivity contribution in [2.24, 2.45) is 5.73 Å². The van der Waals surface area contributed by atoms with E-state index in [1.807, 2.05) is 18.2 Å². The molecule has 0 fully saturated rings. The first kappa shape index (κ1) is 13.0. The molecule has 0 spiro atoms. The van der Waals surface area contributed by atoms with Gasteiger partial charge in [-0.05, 0) is 17.7 Å². The number of benzene rings is 1. The van der Waals surface area contributed by atoms with Gasteiger partial charge in [0.1, 0.15) is 5.69 Å². The van der Waals surface area contributed by atoms with Crippen molar-refractivity contribution in [2.75, 3.05) is 12.4 Å². The van der Waals surface area contributed by atoms with E-state index in [1.54, 1.807) is 6.07 Å². The van der Waals surface area contributed by atoms with Crippen LogP contribution in [0.4, 0.5) is 5.69 Å².